The smallest absolute Gasteiger partial charge is 0.308 e. The van der Waals surface area contributed by atoms with Crippen LogP contribution in [0.3, 0.4) is 0 Å². The Labute approximate surface area is 126 Å². The highest BCUT2D eigenvalue weighted by Gasteiger charge is 2.17. The van der Waals surface area contributed by atoms with Crippen LogP contribution in [0.25, 0.3) is 10.8 Å². The molecule has 3 heteroatoms. The number of benzene rings is 2. The van der Waals surface area contributed by atoms with E-state index >= 15 is 0 Å². The van der Waals surface area contributed by atoms with Gasteiger partial charge in [0.1, 0.15) is 0 Å². The fourth-order valence-corrected chi connectivity index (χ4v) is 2.55. The van der Waals surface area contributed by atoms with Gasteiger partial charge in [0.15, 0.2) is 0 Å². The number of carbonyl (C=O) groups is 1. The van der Waals surface area contributed by atoms with Crippen molar-refractivity contribution in [1.29, 1.82) is 0 Å². The summed E-state index contributed by atoms with van der Waals surface area (Å²) < 4.78 is 0. The number of fused-ring (bicyclic) bond motifs is 1. The molecule has 2 aromatic carbocycles. The highest BCUT2D eigenvalue weighted by atomic mass is 16.4. The van der Waals surface area contributed by atoms with Gasteiger partial charge < -0.3 is 10.0 Å². The SMILES string of the molecule is CCCCN(CC(C)C(=O)O)c1cccc2ccccc12. The zero-order valence-electron chi connectivity index (χ0n) is 12.7. The first-order valence-corrected chi connectivity index (χ1v) is 7.59. The van der Waals surface area contributed by atoms with E-state index in [1.54, 1.807) is 6.92 Å². The van der Waals surface area contributed by atoms with Gasteiger partial charge in [-0.15, -0.1) is 0 Å². The zero-order valence-corrected chi connectivity index (χ0v) is 12.7. The van der Waals surface area contributed by atoms with Crippen molar-refractivity contribution in [1.82, 2.24) is 0 Å². The third-order valence-electron chi connectivity index (χ3n) is 3.80. The van der Waals surface area contributed by atoms with E-state index in [9.17, 15) is 9.90 Å². The first kappa shape index (κ1) is 15.4. The summed E-state index contributed by atoms with van der Waals surface area (Å²) in [6.07, 6.45) is 2.16. The number of hydrogen-bond acceptors (Lipinski definition) is 2. The minimum atomic E-state index is -0.739. The molecule has 112 valence electrons. The normalized spacial score (nSPS) is 12.3. The number of rotatable bonds is 7. The monoisotopic (exact) mass is 285 g/mol. The Kier molecular flexibility index (Phi) is 5.20. The van der Waals surface area contributed by atoms with Crippen LogP contribution >= 0.6 is 0 Å². The van der Waals surface area contributed by atoms with Gasteiger partial charge in [-0.3, -0.25) is 4.79 Å². The van der Waals surface area contributed by atoms with E-state index in [4.69, 9.17) is 0 Å². The molecule has 1 unspecified atom stereocenters. The van der Waals surface area contributed by atoms with Crippen LogP contribution in [-0.4, -0.2) is 24.2 Å². The second-order valence-electron chi connectivity index (χ2n) is 5.54. The average molecular weight is 285 g/mol. The van der Waals surface area contributed by atoms with E-state index in [0.29, 0.717) is 6.54 Å². The third-order valence-corrected chi connectivity index (χ3v) is 3.80. The lowest BCUT2D eigenvalue weighted by atomic mass is 10.1. The predicted molar refractivity (Wildman–Crippen MR) is 87.9 cm³/mol. The van der Waals surface area contributed by atoms with Crippen LogP contribution in [0, 0.1) is 5.92 Å². The molecule has 1 N–H and O–H groups in total. The van der Waals surface area contributed by atoms with Gasteiger partial charge in [-0.1, -0.05) is 56.7 Å². The predicted octanol–water partition coefficient (Wildman–Crippen LogP) is 4.17. The summed E-state index contributed by atoms with van der Waals surface area (Å²) in [5.74, 6) is -1.11. The molecule has 0 bridgehead atoms. The van der Waals surface area contributed by atoms with Gasteiger partial charge in [0, 0.05) is 24.2 Å². The lowest BCUT2D eigenvalue weighted by Gasteiger charge is -2.28. The number of anilines is 1. The molecule has 0 fully saturated rings. The van der Waals surface area contributed by atoms with Gasteiger partial charge in [0.25, 0.3) is 0 Å². The van der Waals surface area contributed by atoms with Crippen molar-refractivity contribution in [2.24, 2.45) is 5.92 Å². The summed E-state index contributed by atoms with van der Waals surface area (Å²) in [6, 6.07) is 14.5. The van der Waals surface area contributed by atoms with Gasteiger partial charge in [0.2, 0.25) is 0 Å². The van der Waals surface area contributed by atoms with Crippen LogP contribution in [0.1, 0.15) is 26.7 Å². The molecular formula is C18H23NO2. The number of carboxylic acids is 1. The topological polar surface area (TPSA) is 40.5 Å². The van der Waals surface area contributed by atoms with Crippen LogP contribution in [0.4, 0.5) is 5.69 Å². The van der Waals surface area contributed by atoms with E-state index in [1.165, 1.54) is 10.8 Å². The van der Waals surface area contributed by atoms with Gasteiger partial charge >= 0.3 is 5.97 Å². The van der Waals surface area contributed by atoms with E-state index < -0.39 is 5.97 Å². The Morgan fingerprint density at radius 2 is 1.90 bits per heavy atom. The van der Waals surface area contributed by atoms with E-state index in [1.807, 2.05) is 18.2 Å². The standard InChI is InChI=1S/C18H23NO2/c1-3-4-12-19(13-14(2)18(20)21)17-11-7-9-15-8-5-6-10-16(15)17/h5-11,14H,3-4,12-13H2,1-2H3,(H,20,21). The molecule has 0 aliphatic carbocycles. The lowest BCUT2D eigenvalue weighted by Crippen LogP contribution is -2.32. The highest BCUT2D eigenvalue weighted by Crippen LogP contribution is 2.27. The summed E-state index contributed by atoms with van der Waals surface area (Å²) in [7, 11) is 0. The molecule has 1 atom stereocenters. The molecule has 0 aliphatic rings. The maximum absolute atomic E-state index is 11.2. The van der Waals surface area contributed by atoms with Crippen LogP contribution in [0.15, 0.2) is 42.5 Å². The maximum atomic E-state index is 11.2. The fourth-order valence-electron chi connectivity index (χ4n) is 2.55. The van der Waals surface area contributed by atoms with Gasteiger partial charge in [-0.05, 0) is 17.9 Å². The second kappa shape index (κ2) is 7.11. The molecule has 3 nitrogen and oxygen atoms in total. The summed E-state index contributed by atoms with van der Waals surface area (Å²) >= 11 is 0. The molecule has 2 rings (SSSR count). The molecular weight excluding hydrogens is 262 g/mol. The third kappa shape index (κ3) is 3.75. The molecule has 0 saturated carbocycles. The number of carboxylic acid groups (broad SMARTS) is 1. The molecule has 2 aromatic rings. The molecule has 0 aromatic heterocycles. The van der Waals surface area contributed by atoms with E-state index in [-0.39, 0.29) is 5.92 Å². The molecule has 0 aliphatic heterocycles. The minimum Gasteiger partial charge on any atom is -0.481 e. The van der Waals surface area contributed by atoms with Crippen LogP contribution < -0.4 is 4.90 Å². The molecule has 0 heterocycles. The highest BCUT2D eigenvalue weighted by molar-refractivity contribution is 5.94. The van der Waals surface area contributed by atoms with Gasteiger partial charge in [-0.25, -0.2) is 0 Å². The Balaban J connectivity index is 2.35. The Bertz CT molecular complexity index is 604. The van der Waals surface area contributed by atoms with E-state index in [2.05, 4.69) is 36.1 Å². The fraction of sp³-hybridized carbons (Fsp3) is 0.389. The van der Waals surface area contributed by atoms with Gasteiger partial charge in [-0.2, -0.15) is 0 Å². The van der Waals surface area contributed by atoms with Crippen molar-refractivity contribution < 1.29 is 9.90 Å². The Hall–Kier alpha value is -2.03. The minimum absolute atomic E-state index is 0.374. The molecule has 0 radical (unpaired) electrons. The van der Waals surface area contributed by atoms with Crippen LogP contribution in [0.2, 0.25) is 0 Å². The number of aliphatic carboxylic acids is 1. The van der Waals surface area contributed by atoms with Gasteiger partial charge in [0.05, 0.1) is 5.92 Å². The summed E-state index contributed by atoms with van der Waals surface area (Å²) in [4.78, 5) is 13.4. The second-order valence-corrected chi connectivity index (χ2v) is 5.54. The van der Waals surface area contributed by atoms with Crippen molar-refractivity contribution in [3.8, 4) is 0 Å². The summed E-state index contributed by atoms with van der Waals surface area (Å²) in [5, 5.41) is 11.6. The number of nitrogens with zero attached hydrogens (tertiary/aromatic N) is 1. The Morgan fingerprint density at radius 1 is 1.19 bits per heavy atom. The largest absolute Gasteiger partial charge is 0.481 e. The number of unbranched alkanes of at least 4 members (excludes halogenated alkanes) is 1. The zero-order chi connectivity index (χ0) is 15.2. The van der Waals surface area contributed by atoms with Crippen LogP contribution in [0.5, 0.6) is 0 Å². The first-order valence-electron chi connectivity index (χ1n) is 7.59. The lowest BCUT2D eigenvalue weighted by molar-refractivity contribution is -0.140. The molecule has 0 amide bonds. The van der Waals surface area contributed by atoms with Crippen molar-refractivity contribution >= 4 is 22.4 Å². The van der Waals surface area contributed by atoms with Crippen molar-refractivity contribution in [3.05, 3.63) is 42.5 Å². The average Bonchev–Trinajstić information content (AvgIpc) is 2.50. The molecule has 0 saturated heterocycles. The van der Waals surface area contributed by atoms with Crippen LogP contribution in [-0.2, 0) is 4.79 Å². The van der Waals surface area contributed by atoms with Crippen molar-refractivity contribution in [2.75, 3.05) is 18.0 Å². The summed E-state index contributed by atoms with van der Waals surface area (Å²) in [6.45, 7) is 5.36. The van der Waals surface area contributed by atoms with E-state index in [0.717, 1.165) is 25.1 Å². The van der Waals surface area contributed by atoms with Crippen molar-refractivity contribution in [3.63, 3.8) is 0 Å². The Morgan fingerprint density at radius 3 is 2.62 bits per heavy atom. The molecule has 0 spiro atoms. The van der Waals surface area contributed by atoms with Crippen molar-refractivity contribution in [2.45, 2.75) is 26.7 Å². The quantitative estimate of drug-likeness (QED) is 0.830. The first-order chi connectivity index (χ1) is 10.1. The maximum Gasteiger partial charge on any atom is 0.308 e. The molecule has 21 heavy (non-hydrogen) atoms. The number of hydrogen-bond donors (Lipinski definition) is 1. The summed E-state index contributed by atoms with van der Waals surface area (Å²) in [5.41, 5.74) is 1.13.